The maximum Gasteiger partial charge on any atom is 0.237 e. The molecule has 53 heavy (non-hydrogen) atoms. The van der Waals surface area contributed by atoms with Crippen LogP contribution in [0.15, 0.2) is 146 Å². The molecule has 5 heteroatoms. The number of hydrogen-bond donors (Lipinski definition) is 0. The van der Waals surface area contributed by atoms with Crippen molar-refractivity contribution in [3.05, 3.63) is 157 Å². The molecule has 12 aromatic rings. The number of aromatic nitrogens is 5. The summed E-state index contributed by atoms with van der Waals surface area (Å²) >= 11 is 0. The van der Waals surface area contributed by atoms with Crippen LogP contribution in [0.2, 0.25) is 0 Å². The molecule has 0 aliphatic heterocycles. The summed E-state index contributed by atoms with van der Waals surface area (Å²) in [7, 11) is 0. The third-order valence-electron chi connectivity index (χ3n) is 11.8. The Labute approximate surface area is 302 Å². The van der Waals surface area contributed by atoms with Gasteiger partial charge >= 0.3 is 0 Å². The average Bonchev–Trinajstić information content (AvgIpc) is 3.94. The maximum absolute atomic E-state index is 5.65. The Morgan fingerprint density at radius 3 is 1.98 bits per heavy atom. The van der Waals surface area contributed by atoms with Crippen LogP contribution in [-0.4, -0.2) is 23.5 Å². The van der Waals surface area contributed by atoms with Gasteiger partial charge in [-0.1, -0.05) is 103 Å². The van der Waals surface area contributed by atoms with Crippen LogP contribution in [0.3, 0.4) is 0 Å². The van der Waals surface area contributed by atoms with Gasteiger partial charge in [0.2, 0.25) is 5.95 Å². The van der Waals surface area contributed by atoms with Gasteiger partial charge in [0.05, 0.1) is 44.3 Å². The number of rotatable bonds is 2. The normalized spacial score (nSPS) is 13.4. The van der Waals surface area contributed by atoms with Crippen molar-refractivity contribution in [3.8, 4) is 11.8 Å². The summed E-state index contributed by atoms with van der Waals surface area (Å²) in [4.78, 5) is 11.0. The molecule has 0 unspecified atom stereocenters. The topological polar surface area (TPSA) is 40.0 Å². The first-order valence-electron chi connectivity index (χ1n) is 18.4. The molecule has 0 bridgehead atoms. The highest BCUT2D eigenvalue weighted by molar-refractivity contribution is 6.37. The molecule has 13 rings (SSSR count). The smallest absolute Gasteiger partial charge is 0.237 e. The standard InChI is InChI=1S/C48H29N5/c1-2-14-29-28(13-1)25-26-42-43(29)44-45-35(32-17-6-9-21-38(32)51(42)45)27-36-33-18-7-12-24-41(33)53(46(36)44)47-34-19-3-8-20-37(34)49-48(50-47)52-39-22-10-4-15-30(39)31-16-5-11-23-40(31)52/h1-4,6-15,17-27H,5,16H2. The van der Waals surface area contributed by atoms with Gasteiger partial charge in [0.1, 0.15) is 0 Å². The van der Waals surface area contributed by atoms with E-state index in [4.69, 9.17) is 9.97 Å². The highest BCUT2D eigenvalue weighted by atomic mass is 15.2. The van der Waals surface area contributed by atoms with E-state index in [1.807, 2.05) is 0 Å². The summed E-state index contributed by atoms with van der Waals surface area (Å²) < 4.78 is 7.22. The molecule has 0 fully saturated rings. The Balaban J connectivity index is 1.28. The van der Waals surface area contributed by atoms with E-state index in [1.54, 1.807) is 0 Å². The quantitative estimate of drug-likeness (QED) is 0.183. The van der Waals surface area contributed by atoms with Crippen LogP contribution >= 0.6 is 0 Å². The van der Waals surface area contributed by atoms with Crippen LogP contribution in [-0.2, 0) is 6.42 Å². The molecule has 0 N–H and O–H groups in total. The van der Waals surface area contributed by atoms with Crippen molar-refractivity contribution in [2.45, 2.75) is 12.8 Å². The largest absolute Gasteiger partial charge is 0.308 e. The van der Waals surface area contributed by atoms with Crippen molar-refractivity contribution in [2.75, 3.05) is 0 Å². The molecular formula is C48H29N5. The van der Waals surface area contributed by atoms with E-state index in [0.29, 0.717) is 5.95 Å². The monoisotopic (exact) mass is 675 g/mol. The molecule has 5 heterocycles. The Morgan fingerprint density at radius 1 is 0.472 bits per heavy atom. The lowest BCUT2D eigenvalue weighted by Gasteiger charge is -2.15. The minimum Gasteiger partial charge on any atom is -0.308 e. The van der Waals surface area contributed by atoms with E-state index < -0.39 is 0 Å². The van der Waals surface area contributed by atoms with E-state index in [0.717, 1.165) is 40.6 Å². The number of allylic oxidation sites excluding steroid dienone is 1. The van der Waals surface area contributed by atoms with Crippen LogP contribution in [0, 0.1) is 0 Å². The lowest BCUT2D eigenvalue weighted by atomic mass is 9.99. The summed E-state index contributed by atoms with van der Waals surface area (Å²) in [6.45, 7) is 0. The van der Waals surface area contributed by atoms with Gasteiger partial charge in [-0.2, -0.15) is 4.98 Å². The summed E-state index contributed by atoms with van der Waals surface area (Å²) in [6.07, 6.45) is 6.58. The number of benzene rings is 7. The van der Waals surface area contributed by atoms with Crippen LogP contribution < -0.4 is 0 Å². The first-order chi connectivity index (χ1) is 26.3. The van der Waals surface area contributed by atoms with E-state index in [1.165, 1.54) is 81.8 Å². The fourth-order valence-corrected chi connectivity index (χ4v) is 9.71. The van der Waals surface area contributed by atoms with Gasteiger partial charge < -0.3 is 4.40 Å². The van der Waals surface area contributed by atoms with Crippen LogP contribution in [0.25, 0.3) is 110 Å². The van der Waals surface area contributed by atoms with E-state index >= 15 is 0 Å². The molecule has 0 spiro atoms. The Kier molecular flexibility index (Phi) is 5.16. The van der Waals surface area contributed by atoms with Gasteiger partial charge in [-0.15, -0.1) is 0 Å². The SMILES string of the molecule is C1=Cc2c(c3ccccc3n2-c2nc(-n3c4ccccc4c4cc5c6ccccc6n6c7ccc8ccccc8c7c(c43)c56)c3ccccc3n2)CC1. The summed E-state index contributed by atoms with van der Waals surface area (Å²) in [5, 5.41) is 12.3. The van der Waals surface area contributed by atoms with Crippen LogP contribution in [0.5, 0.6) is 0 Å². The lowest BCUT2D eigenvalue weighted by molar-refractivity contribution is 0.915. The number of nitrogens with zero attached hydrogens (tertiary/aromatic N) is 5. The van der Waals surface area contributed by atoms with Crippen LogP contribution in [0.1, 0.15) is 17.7 Å². The average molecular weight is 676 g/mol. The highest BCUT2D eigenvalue weighted by Crippen LogP contribution is 2.48. The Hall–Kier alpha value is -6.98. The second kappa shape index (κ2) is 9.87. The van der Waals surface area contributed by atoms with Gasteiger partial charge in [0, 0.05) is 43.1 Å². The molecular weight excluding hydrogens is 647 g/mol. The van der Waals surface area contributed by atoms with E-state index in [2.05, 4.69) is 165 Å². The first-order valence-corrected chi connectivity index (χ1v) is 18.4. The first kappa shape index (κ1) is 27.7. The molecule has 7 aromatic carbocycles. The van der Waals surface area contributed by atoms with Gasteiger partial charge in [0.25, 0.3) is 0 Å². The van der Waals surface area contributed by atoms with Crippen molar-refractivity contribution in [2.24, 2.45) is 0 Å². The number of aryl methyl sites for hydroxylation is 1. The predicted molar refractivity (Wildman–Crippen MR) is 220 cm³/mol. The van der Waals surface area contributed by atoms with Crippen molar-refractivity contribution < 1.29 is 0 Å². The lowest BCUT2D eigenvalue weighted by Crippen LogP contribution is -2.09. The minimum atomic E-state index is 0.686. The molecule has 0 atom stereocenters. The molecule has 5 nitrogen and oxygen atoms in total. The predicted octanol–water partition coefficient (Wildman–Crippen LogP) is 11.9. The second-order valence-corrected chi connectivity index (χ2v) is 14.5. The summed E-state index contributed by atoms with van der Waals surface area (Å²) in [5.74, 6) is 1.57. The molecule has 0 radical (unpaired) electrons. The molecule has 0 saturated carbocycles. The van der Waals surface area contributed by atoms with Gasteiger partial charge in [-0.05, 0) is 77.7 Å². The Morgan fingerprint density at radius 2 is 1.13 bits per heavy atom. The molecule has 0 saturated heterocycles. The number of para-hydroxylation sites is 4. The van der Waals surface area contributed by atoms with Crippen molar-refractivity contribution >= 4 is 98.6 Å². The zero-order chi connectivity index (χ0) is 34.4. The van der Waals surface area contributed by atoms with Gasteiger partial charge in [0.15, 0.2) is 5.82 Å². The van der Waals surface area contributed by atoms with Crippen molar-refractivity contribution in [1.82, 2.24) is 23.5 Å². The molecule has 0 amide bonds. The van der Waals surface area contributed by atoms with Crippen molar-refractivity contribution in [3.63, 3.8) is 0 Å². The fraction of sp³-hybridized carbons (Fsp3) is 0.0417. The molecule has 1 aliphatic rings. The number of hydrogen-bond acceptors (Lipinski definition) is 2. The Bertz CT molecular complexity index is 3570. The molecule has 5 aromatic heterocycles. The van der Waals surface area contributed by atoms with Crippen molar-refractivity contribution in [1.29, 1.82) is 0 Å². The van der Waals surface area contributed by atoms with Gasteiger partial charge in [-0.3, -0.25) is 9.13 Å². The fourth-order valence-electron chi connectivity index (χ4n) is 9.71. The minimum absolute atomic E-state index is 0.686. The zero-order valence-electron chi connectivity index (χ0n) is 28.6. The second-order valence-electron chi connectivity index (χ2n) is 14.5. The zero-order valence-corrected chi connectivity index (χ0v) is 28.6. The third-order valence-corrected chi connectivity index (χ3v) is 11.8. The molecule has 1 aliphatic carbocycles. The van der Waals surface area contributed by atoms with Crippen LogP contribution in [0.4, 0.5) is 0 Å². The van der Waals surface area contributed by atoms with E-state index in [9.17, 15) is 0 Å². The summed E-state index contributed by atoms with van der Waals surface area (Å²) in [5.41, 5.74) is 10.6. The molecule has 246 valence electrons. The maximum atomic E-state index is 5.65. The summed E-state index contributed by atoms with van der Waals surface area (Å²) in [6, 6.07) is 50.8. The van der Waals surface area contributed by atoms with Gasteiger partial charge in [-0.25, -0.2) is 4.98 Å². The highest BCUT2D eigenvalue weighted by Gasteiger charge is 2.27. The third kappa shape index (κ3) is 3.42. The number of fused-ring (bicyclic) bond motifs is 16. The van der Waals surface area contributed by atoms with E-state index in [-0.39, 0.29) is 0 Å².